The molecule has 1 atom stereocenters. The maximum Gasteiger partial charge on any atom is 0.317 e. The quantitative estimate of drug-likeness (QED) is 0.807. The van der Waals surface area contributed by atoms with Gasteiger partial charge in [0.15, 0.2) is 0 Å². The highest BCUT2D eigenvalue weighted by atomic mass is 32.2. The number of thioether (sulfide) groups is 1. The lowest BCUT2D eigenvalue weighted by atomic mass is 10.1. The van der Waals surface area contributed by atoms with Crippen LogP contribution in [0.3, 0.4) is 0 Å². The molecule has 1 aliphatic heterocycles. The second kappa shape index (κ2) is 6.15. The van der Waals surface area contributed by atoms with Crippen molar-refractivity contribution in [2.75, 3.05) is 25.4 Å². The Morgan fingerprint density at radius 2 is 2.22 bits per heavy atom. The van der Waals surface area contributed by atoms with Gasteiger partial charge in [0.25, 0.3) is 0 Å². The van der Waals surface area contributed by atoms with Crippen LogP contribution in [0, 0.1) is 0 Å². The highest BCUT2D eigenvalue weighted by Gasteiger charge is 2.30. The Morgan fingerprint density at radius 3 is 2.67 bits per heavy atom. The van der Waals surface area contributed by atoms with Gasteiger partial charge in [0, 0.05) is 17.8 Å². The van der Waals surface area contributed by atoms with E-state index in [9.17, 15) is 9.90 Å². The molecular formula is C13H26N2O2S. The number of hydrogen-bond donors (Lipinski definition) is 2. The van der Waals surface area contributed by atoms with Crippen molar-refractivity contribution < 1.29 is 9.90 Å². The summed E-state index contributed by atoms with van der Waals surface area (Å²) >= 11 is 1.94. The van der Waals surface area contributed by atoms with Crippen LogP contribution in [0.5, 0.6) is 0 Å². The molecule has 1 heterocycles. The van der Waals surface area contributed by atoms with Gasteiger partial charge in [-0.05, 0) is 46.3 Å². The van der Waals surface area contributed by atoms with Crippen molar-refractivity contribution in [3.8, 4) is 0 Å². The van der Waals surface area contributed by atoms with E-state index in [-0.39, 0.29) is 10.8 Å². The highest BCUT2D eigenvalue weighted by molar-refractivity contribution is 8.00. The summed E-state index contributed by atoms with van der Waals surface area (Å²) in [6.45, 7) is 9.25. The van der Waals surface area contributed by atoms with Gasteiger partial charge in [-0.2, -0.15) is 11.8 Å². The van der Waals surface area contributed by atoms with E-state index in [0.717, 1.165) is 6.42 Å². The minimum atomic E-state index is -0.848. The smallest absolute Gasteiger partial charge is 0.317 e. The van der Waals surface area contributed by atoms with Gasteiger partial charge >= 0.3 is 6.03 Å². The molecule has 0 saturated carbocycles. The fourth-order valence-corrected chi connectivity index (χ4v) is 3.39. The first-order valence-corrected chi connectivity index (χ1v) is 7.63. The zero-order chi connectivity index (χ0) is 13.8. The first kappa shape index (κ1) is 15.6. The van der Waals surface area contributed by atoms with Crippen molar-refractivity contribution in [3.63, 3.8) is 0 Å². The Bertz CT molecular complexity index is 283. The van der Waals surface area contributed by atoms with Crippen LogP contribution in [0.15, 0.2) is 0 Å². The lowest BCUT2D eigenvalue weighted by Gasteiger charge is -2.30. The Hall–Kier alpha value is -0.420. The van der Waals surface area contributed by atoms with Gasteiger partial charge in [0.05, 0.1) is 12.1 Å². The number of rotatable bonds is 5. The maximum atomic E-state index is 12.0. The molecule has 0 bridgehead atoms. The minimum absolute atomic E-state index is 0.0756. The third kappa shape index (κ3) is 5.06. The van der Waals surface area contributed by atoms with Crippen molar-refractivity contribution in [2.24, 2.45) is 0 Å². The van der Waals surface area contributed by atoms with Gasteiger partial charge in [-0.1, -0.05) is 0 Å². The van der Waals surface area contributed by atoms with E-state index in [1.807, 2.05) is 18.7 Å². The topological polar surface area (TPSA) is 52.6 Å². The normalized spacial score (nSPS) is 24.1. The molecule has 0 radical (unpaired) electrons. The molecule has 0 aliphatic carbocycles. The Labute approximate surface area is 115 Å². The molecule has 0 aromatic rings. The van der Waals surface area contributed by atoms with Crippen molar-refractivity contribution >= 4 is 17.8 Å². The van der Waals surface area contributed by atoms with E-state index in [0.29, 0.717) is 19.6 Å². The second-order valence-corrected chi connectivity index (χ2v) is 7.57. The minimum Gasteiger partial charge on any atom is -0.389 e. The molecule has 5 heteroatoms. The SMILES string of the molecule is CCN(CC(C)(C)O)C(=O)NCC1(C)CCCS1. The maximum absolute atomic E-state index is 12.0. The summed E-state index contributed by atoms with van der Waals surface area (Å²) in [7, 11) is 0. The third-order valence-corrected chi connectivity index (χ3v) is 4.70. The van der Waals surface area contributed by atoms with E-state index in [2.05, 4.69) is 12.2 Å². The zero-order valence-corrected chi connectivity index (χ0v) is 12.8. The monoisotopic (exact) mass is 274 g/mol. The molecule has 1 fully saturated rings. The van der Waals surface area contributed by atoms with Crippen LogP contribution in [0.25, 0.3) is 0 Å². The average molecular weight is 274 g/mol. The van der Waals surface area contributed by atoms with Gasteiger partial charge in [0.2, 0.25) is 0 Å². The Morgan fingerprint density at radius 1 is 1.56 bits per heavy atom. The number of likely N-dealkylation sites (N-methyl/N-ethyl adjacent to an activating group) is 1. The Balaban J connectivity index is 2.42. The molecule has 2 amide bonds. The van der Waals surface area contributed by atoms with Gasteiger partial charge in [0.1, 0.15) is 0 Å². The van der Waals surface area contributed by atoms with Crippen LogP contribution in [-0.2, 0) is 0 Å². The number of aliphatic hydroxyl groups is 1. The van der Waals surface area contributed by atoms with E-state index in [1.54, 1.807) is 18.7 Å². The molecule has 1 rings (SSSR count). The number of nitrogens with one attached hydrogen (secondary N) is 1. The first-order chi connectivity index (χ1) is 8.26. The van der Waals surface area contributed by atoms with Crippen LogP contribution in [0.2, 0.25) is 0 Å². The largest absolute Gasteiger partial charge is 0.389 e. The molecular weight excluding hydrogens is 248 g/mol. The molecule has 4 nitrogen and oxygen atoms in total. The molecule has 2 N–H and O–H groups in total. The number of amides is 2. The Kier molecular flexibility index (Phi) is 5.34. The van der Waals surface area contributed by atoms with Crippen molar-refractivity contribution in [2.45, 2.75) is 50.9 Å². The average Bonchev–Trinajstić information content (AvgIpc) is 2.69. The summed E-state index contributed by atoms with van der Waals surface area (Å²) < 4.78 is 0.184. The van der Waals surface area contributed by atoms with Gasteiger partial charge in [-0.15, -0.1) is 0 Å². The van der Waals surface area contributed by atoms with Crippen LogP contribution >= 0.6 is 11.8 Å². The number of carbonyl (C=O) groups excluding carboxylic acids is 1. The summed E-state index contributed by atoms with van der Waals surface area (Å²) in [5.41, 5.74) is -0.848. The lowest BCUT2D eigenvalue weighted by Crippen LogP contribution is -2.49. The molecule has 106 valence electrons. The standard InChI is InChI=1S/C13H26N2O2S/c1-5-15(10-12(2,3)17)11(16)14-9-13(4)7-6-8-18-13/h17H,5-10H2,1-4H3,(H,14,16). The number of carbonyl (C=O) groups is 1. The summed E-state index contributed by atoms with van der Waals surface area (Å²) in [6, 6.07) is -0.0756. The predicted octanol–water partition coefficient (Wildman–Crippen LogP) is 2.07. The zero-order valence-electron chi connectivity index (χ0n) is 12.0. The van der Waals surface area contributed by atoms with Gasteiger partial charge in [-0.25, -0.2) is 4.79 Å². The molecule has 18 heavy (non-hydrogen) atoms. The highest BCUT2D eigenvalue weighted by Crippen LogP contribution is 2.36. The van der Waals surface area contributed by atoms with E-state index >= 15 is 0 Å². The second-order valence-electron chi connectivity index (χ2n) is 5.89. The summed E-state index contributed by atoms with van der Waals surface area (Å²) in [5.74, 6) is 1.19. The number of hydrogen-bond acceptors (Lipinski definition) is 3. The van der Waals surface area contributed by atoms with Crippen molar-refractivity contribution in [3.05, 3.63) is 0 Å². The molecule has 0 spiro atoms. The summed E-state index contributed by atoms with van der Waals surface area (Å²) in [4.78, 5) is 13.7. The molecule has 0 aromatic heterocycles. The van der Waals surface area contributed by atoms with E-state index < -0.39 is 5.60 Å². The van der Waals surface area contributed by atoms with Crippen molar-refractivity contribution in [1.82, 2.24) is 10.2 Å². The molecule has 1 saturated heterocycles. The van der Waals surface area contributed by atoms with Crippen LogP contribution in [-0.4, -0.2) is 51.8 Å². The fraction of sp³-hybridized carbons (Fsp3) is 0.923. The molecule has 0 aromatic carbocycles. The van der Waals surface area contributed by atoms with E-state index in [4.69, 9.17) is 0 Å². The third-order valence-electron chi connectivity index (χ3n) is 3.16. The summed E-state index contributed by atoms with van der Waals surface area (Å²) in [6.07, 6.45) is 2.40. The molecule has 1 aliphatic rings. The van der Waals surface area contributed by atoms with Crippen LogP contribution in [0.4, 0.5) is 4.79 Å². The summed E-state index contributed by atoms with van der Waals surface area (Å²) in [5, 5.41) is 12.8. The van der Waals surface area contributed by atoms with Gasteiger partial charge in [-0.3, -0.25) is 0 Å². The van der Waals surface area contributed by atoms with E-state index in [1.165, 1.54) is 12.2 Å². The molecule has 1 unspecified atom stereocenters. The van der Waals surface area contributed by atoms with Crippen molar-refractivity contribution in [1.29, 1.82) is 0 Å². The number of nitrogens with zero attached hydrogens (tertiary/aromatic N) is 1. The van der Waals surface area contributed by atoms with Crippen LogP contribution < -0.4 is 5.32 Å². The first-order valence-electron chi connectivity index (χ1n) is 6.65. The predicted molar refractivity (Wildman–Crippen MR) is 77.0 cm³/mol. The lowest BCUT2D eigenvalue weighted by molar-refractivity contribution is 0.0480. The van der Waals surface area contributed by atoms with Crippen LogP contribution in [0.1, 0.15) is 40.5 Å². The van der Waals surface area contributed by atoms with Gasteiger partial charge < -0.3 is 15.3 Å². The fourth-order valence-electron chi connectivity index (χ4n) is 2.14. The number of urea groups is 1.